The highest BCUT2D eigenvalue weighted by molar-refractivity contribution is 7.91. The number of ether oxygens (including phenoxy) is 1. The Balaban J connectivity index is 0.948. The number of anilines is 1. The molecule has 0 amide bonds. The Morgan fingerprint density at radius 3 is 1.69 bits per heavy atom. The van der Waals surface area contributed by atoms with Crippen molar-refractivity contribution in [3.8, 4) is 5.75 Å². The number of aromatic nitrogens is 1. The monoisotopic (exact) mass is 892 g/mol. The number of benzene rings is 2. The molecule has 1 atom stereocenters. The van der Waals surface area contributed by atoms with Crippen LogP contribution in [0.2, 0.25) is 0 Å². The van der Waals surface area contributed by atoms with Gasteiger partial charge in [0.15, 0.2) is 4.90 Å². The third kappa shape index (κ3) is 14.5. The van der Waals surface area contributed by atoms with Crippen molar-refractivity contribution in [3.05, 3.63) is 48.7 Å². The second kappa shape index (κ2) is 25.9. The first-order valence-corrected chi connectivity index (χ1v) is 27.9. The lowest BCUT2D eigenvalue weighted by molar-refractivity contribution is 0.0495. The quantitative estimate of drug-likeness (QED) is 0.0577. The molecule has 3 fully saturated rings. The van der Waals surface area contributed by atoms with E-state index in [1.165, 1.54) is 135 Å². The molecule has 1 aromatic heterocycles. The molecule has 62 heavy (non-hydrogen) atoms. The number of unbranched alkanes of at least 4 members (excludes halogenated alkanes) is 17. The fourth-order valence-electron chi connectivity index (χ4n) is 10.1. The van der Waals surface area contributed by atoms with Gasteiger partial charge >= 0.3 is 0 Å². The van der Waals surface area contributed by atoms with E-state index in [-0.39, 0.29) is 9.79 Å². The summed E-state index contributed by atoms with van der Waals surface area (Å²) in [5.41, 5.74) is 1.40. The van der Waals surface area contributed by atoms with Gasteiger partial charge in [0.1, 0.15) is 16.9 Å². The standard InChI is InChI=1S/C51H81N5O4S2/c1-4-5-6-7-8-9-10-11-12-13-14-15-16-17-18-19-20-21-40-60-45-22-25-47(26-23-45)62(58,59)50-42-52-49-27-24-46(61(3)57)41-48(49)51(50)56-34-30-43(31-35-56)54-32-28-44(29-33-54)55-38-36-53(2)37-39-55/h22-27,41-44H,4-21,28-40H2,1-3H3. The molecular formula is C51H81N5O4S2. The summed E-state index contributed by atoms with van der Waals surface area (Å²) in [6.45, 7) is 11.4. The van der Waals surface area contributed by atoms with Gasteiger partial charge in [-0.1, -0.05) is 116 Å². The van der Waals surface area contributed by atoms with Crippen molar-refractivity contribution in [1.29, 1.82) is 0 Å². The third-order valence-electron chi connectivity index (χ3n) is 14.1. The minimum Gasteiger partial charge on any atom is -0.612 e. The number of hydrogen-bond acceptors (Lipinski definition) is 9. The number of likely N-dealkylation sites (tertiary alicyclic amines) is 1. The molecule has 0 bridgehead atoms. The Morgan fingerprint density at radius 1 is 0.661 bits per heavy atom. The van der Waals surface area contributed by atoms with Crippen molar-refractivity contribution in [2.45, 2.75) is 175 Å². The van der Waals surface area contributed by atoms with Gasteiger partial charge in [-0.05, 0) is 99.8 Å². The van der Waals surface area contributed by atoms with Crippen LogP contribution in [-0.2, 0) is 21.0 Å². The van der Waals surface area contributed by atoms with Gasteiger partial charge in [-0.3, -0.25) is 9.88 Å². The van der Waals surface area contributed by atoms with Crippen molar-refractivity contribution in [2.75, 3.05) is 77.2 Å². The van der Waals surface area contributed by atoms with E-state index in [1.807, 2.05) is 18.2 Å². The molecule has 0 radical (unpaired) electrons. The van der Waals surface area contributed by atoms with Gasteiger partial charge in [0.2, 0.25) is 9.84 Å². The highest BCUT2D eigenvalue weighted by atomic mass is 32.2. The van der Waals surface area contributed by atoms with Gasteiger partial charge in [-0.25, -0.2) is 8.42 Å². The van der Waals surface area contributed by atoms with Crippen molar-refractivity contribution in [2.24, 2.45) is 0 Å². The smallest absolute Gasteiger partial charge is 0.210 e. The average molecular weight is 892 g/mol. The SMILES string of the molecule is CCCCCCCCCCCCCCCCCCCCOc1ccc(S(=O)(=O)c2cnc3ccc([S+](C)[O-])cc3c2N2CCC(N3CCC(N4CCN(C)CC4)CC3)CC2)cc1. The molecular weight excluding hydrogens is 811 g/mol. The second-order valence-electron chi connectivity index (χ2n) is 18.8. The van der Waals surface area contributed by atoms with Crippen LogP contribution >= 0.6 is 0 Å². The van der Waals surface area contributed by atoms with Gasteiger partial charge < -0.3 is 24.0 Å². The molecule has 0 saturated carbocycles. The molecule has 3 saturated heterocycles. The zero-order valence-electron chi connectivity index (χ0n) is 38.9. The molecule has 4 heterocycles. The van der Waals surface area contributed by atoms with Crippen LogP contribution in [0.5, 0.6) is 5.75 Å². The summed E-state index contributed by atoms with van der Waals surface area (Å²) in [5, 5.41) is 0.745. The summed E-state index contributed by atoms with van der Waals surface area (Å²) < 4.78 is 47.8. The molecule has 1 unspecified atom stereocenters. The van der Waals surface area contributed by atoms with Crippen LogP contribution in [0, 0.1) is 0 Å². The summed E-state index contributed by atoms with van der Waals surface area (Å²) in [7, 11) is -1.70. The molecule has 0 N–H and O–H groups in total. The van der Waals surface area contributed by atoms with E-state index in [1.54, 1.807) is 30.5 Å². The highest BCUT2D eigenvalue weighted by Gasteiger charge is 2.34. The van der Waals surface area contributed by atoms with Crippen LogP contribution in [0.4, 0.5) is 5.69 Å². The summed E-state index contributed by atoms with van der Waals surface area (Å²) in [4.78, 5) is 15.8. The molecule has 6 rings (SSSR count). The predicted molar refractivity (Wildman–Crippen MR) is 259 cm³/mol. The summed E-state index contributed by atoms with van der Waals surface area (Å²) in [6, 6.07) is 13.7. The number of piperazine rings is 1. The number of hydrogen-bond donors (Lipinski definition) is 0. The van der Waals surface area contributed by atoms with Gasteiger partial charge in [0, 0.05) is 69.0 Å². The minimum absolute atomic E-state index is 0.211. The van der Waals surface area contributed by atoms with Crippen molar-refractivity contribution < 1.29 is 17.7 Å². The number of fused-ring (bicyclic) bond motifs is 1. The number of likely N-dealkylation sites (N-methyl/N-ethyl adjacent to an activating group) is 1. The van der Waals surface area contributed by atoms with E-state index in [2.05, 4.69) is 38.6 Å². The lowest BCUT2D eigenvalue weighted by Gasteiger charge is -2.46. The summed E-state index contributed by atoms with van der Waals surface area (Å²) in [6.07, 6.45) is 31.9. The fraction of sp³-hybridized carbons (Fsp3) is 0.706. The number of rotatable bonds is 26. The van der Waals surface area contributed by atoms with Crippen molar-refractivity contribution >= 4 is 37.6 Å². The van der Waals surface area contributed by atoms with Crippen LogP contribution in [-0.4, -0.2) is 117 Å². The van der Waals surface area contributed by atoms with Gasteiger partial charge in [0.05, 0.1) is 22.7 Å². The molecule has 0 spiro atoms. The molecule has 3 aliphatic rings. The molecule has 9 nitrogen and oxygen atoms in total. The van der Waals surface area contributed by atoms with Gasteiger partial charge in [0.25, 0.3) is 0 Å². The molecule has 11 heteroatoms. The molecule has 346 valence electrons. The lowest BCUT2D eigenvalue weighted by Crippen LogP contribution is -2.54. The maximum absolute atomic E-state index is 14.5. The first kappa shape index (κ1) is 49.0. The van der Waals surface area contributed by atoms with E-state index in [0.717, 1.165) is 70.3 Å². The van der Waals surface area contributed by atoms with E-state index in [4.69, 9.17) is 4.74 Å². The van der Waals surface area contributed by atoms with E-state index in [0.29, 0.717) is 40.5 Å². The van der Waals surface area contributed by atoms with Crippen molar-refractivity contribution in [3.63, 3.8) is 0 Å². The fourth-order valence-corrected chi connectivity index (χ4v) is 12.1. The summed E-state index contributed by atoms with van der Waals surface area (Å²) >= 11 is -1.21. The Hall–Kier alpha value is -2.41. The second-order valence-corrected chi connectivity index (χ2v) is 22.1. The zero-order chi connectivity index (χ0) is 43.6. The topological polar surface area (TPSA) is 92.3 Å². The van der Waals surface area contributed by atoms with Crippen LogP contribution in [0.3, 0.4) is 0 Å². The number of nitrogens with zero attached hydrogens (tertiary/aromatic N) is 5. The maximum Gasteiger partial charge on any atom is 0.210 e. The van der Waals surface area contributed by atoms with Crippen LogP contribution in [0.25, 0.3) is 10.9 Å². The van der Waals surface area contributed by atoms with E-state index < -0.39 is 21.0 Å². The molecule has 3 aromatic rings. The Kier molecular flexibility index (Phi) is 20.5. The van der Waals surface area contributed by atoms with Crippen LogP contribution in [0.1, 0.15) is 148 Å². The first-order valence-electron chi connectivity index (χ1n) is 24.9. The molecule has 2 aromatic carbocycles. The van der Waals surface area contributed by atoms with Crippen LogP contribution in [0.15, 0.2) is 63.3 Å². The summed E-state index contributed by atoms with van der Waals surface area (Å²) in [5.74, 6) is 0.692. The zero-order valence-corrected chi connectivity index (χ0v) is 40.5. The normalized spacial score (nSPS) is 18.5. The highest BCUT2D eigenvalue weighted by Crippen LogP contribution is 2.39. The Bertz CT molecular complexity index is 1840. The maximum atomic E-state index is 14.5. The molecule has 0 aliphatic carbocycles. The average Bonchev–Trinajstić information content (AvgIpc) is 3.29. The largest absolute Gasteiger partial charge is 0.612 e. The van der Waals surface area contributed by atoms with Crippen LogP contribution < -0.4 is 9.64 Å². The first-order chi connectivity index (χ1) is 30.2. The van der Waals surface area contributed by atoms with Gasteiger partial charge in [-0.2, -0.15) is 0 Å². The Labute approximate surface area is 379 Å². The predicted octanol–water partition coefficient (Wildman–Crippen LogP) is 10.9. The molecule has 3 aliphatic heterocycles. The van der Waals surface area contributed by atoms with Crippen molar-refractivity contribution in [1.82, 2.24) is 19.7 Å². The van der Waals surface area contributed by atoms with Gasteiger partial charge in [-0.15, -0.1) is 0 Å². The Morgan fingerprint density at radius 2 is 1.16 bits per heavy atom. The van der Waals surface area contributed by atoms with E-state index in [9.17, 15) is 13.0 Å². The minimum atomic E-state index is -3.92. The number of pyridine rings is 1. The number of piperidine rings is 2. The van der Waals surface area contributed by atoms with E-state index >= 15 is 0 Å². The number of sulfone groups is 1. The third-order valence-corrected chi connectivity index (χ3v) is 16.8. The lowest BCUT2D eigenvalue weighted by atomic mass is 9.96.